The summed E-state index contributed by atoms with van der Waals surface area (Å²) in [6.45, 7) is 0. The Morgan fingerprint density at radius 1 is 0.145 bits per heavy atom. The van der Waals surface area contributed by atoms with Crippen molar-refractivity contribution in [1.29, 1.82) is 0 Å². The van der Waals surface area contributed by atoms with E-state index in [-0.39, 0.29) is 0 Å². The van der Waals surface area contributed by atoms with E-state index in [4.69, 9.17) is 0 Å². The molecule has 0 aliphatic heterocycles. The summed E-state index contributed by atoms with van der Waals surface area (Å²) in [5, 5.41) is 7.10. The van der Waals surface area contributed by atoms with Gasteiger partial charge in [-0.1, -0.05) is 158 Å². The van der Waals surface area contributed by atoms with Crippen LogP contribution in [0.1, 0.15) is 0 Å². The fourth-order valence-electron chi connectivity index (χ4n) is 8.14. The van der Waals surface area contributed by atoms with Gasteiger partial charge in [-0.05, 0) is 175 Å². The van der Waals surface area contributed by atoms with Gasteiger partial charge in [0.1, 0.15) is 0 Å². The van der Waals surface area contributed by atoms with Gasteiger partial charge in [0.2, 0.25) is 0 Å². The highest BCUT2D eigenvalue weighted by molar-refractivity contribution is 5.88. The van der Waals surface area contributed by atoms with Crippen LogP contribution in [0.4, 0.5) is 22.7 Å². The van der Waals surface area contributed by atoms with Crippen molar-refractivity contribution in [3.05, 3.63) is 255 Å². The van der Waals surface area contributed by atoms with E-state index in [0.29, 0.717) is 0 Å². The van der Waals surface area contributed by atoms with Crippen LogP contribution < -0.4 is 10.6 Å². The summed E-state index contributed by atoms with van der Waals surface area (Å²) in [7, 11) is 0. The third kappa shape index (κ3) is 8.72. The van der Waals surface area contributed by atoms with Crippen molar-refractivity contribution < 1.29 is 0 Å². The molecule has 0 atom stereocenters. The van der Waals surface area contributed by atoms with E-state index in [9.17, 15) is 0 Å². The van der Waals surface area contributed by atoms with E-state index >= 15 is 0 Å². The van der Waals surface area contributed by atoms with Crippen LogP contribution in [-0.2, 0) is 0 Å². The minimum absolute atomic E-state index is 1.05. The van der Waals surface area contributed by atoms with Gasteiger partial charge in [0.15, 0.2) is 0 Å². The van der Waals surface area contributed by atoms with Crippen LogP contribution in [-0.4, -0.2) is 0 Å². The lowest BCUT2D eigenvalue weighted by atomic mass is 9.89. The average molecular weight is 793 g/mol. The summed E-state index contributed by atoms with van der Waals surface area (Å²) in [6, 6.07) is 91.3. The van der Waals surface area contributed by atoms with Gasteiger partial charge < -0.3 is 10.6 Å². The summed E-state index contributed by atoms with van der Waals surface area (Å²) in [5.41, 5.74) is 20.6. The van der Waals surface area contributed by atoms with Crippen LogP contribution >= 0.6 is 0 Å². The molecule has 0 radical (unpaired) electrons. The smallest absolute Gasteiger partial charge is 0.0384 e. The zero-order chi connectivity index (χ0) is 41.5. The molecule has 0 aliphatic carbocycles. The third-order valence-corrected chi connectivity index (χ3v) is 11.4. The van der Waals surface area contributed by atoms with Gasteiger partial charge in [-0.25, -0.2) is 0 Å². The fourth-order valence-corrected chi connectivity index (χ4v) is 8.14. The predicted octanol–water partition coefficient (Wildman–Crippen LogP) is 16.8. The second-order valence-electron chi connectivity index (χ2n) is 15.6. The Kier molecular flexibility index (Phi) is 10.8. The number of benzene rings is 10. The lowest BCUT2D eigenvalue weighted by molar-refractivity contribution is 1.52. The number of para-hydroxylation sites is 2. The van der Waals surface area contributed by atoms with Gasteiger partial charge in [-0.3, -0.25) is 0 Å². The van der Waals surface area contributed by atoms with Gasteiger partial charge in [-0.2, -0.15) is 0 Å². The summed E-state index contributed by atoms with van der Waals surface area (Å²) in [5.74, 6) is 0. The quantitative estimate of drug-likeness (QED) is 0.136. The molecule has 294 valence electrons. The number of anilines is 4. The number of hydrogen-bond acceptors (Lipinski definition) is 2. The second-order valence-corrected chi connectivity index (χ2v) is 15.6. The minimum atomic E-state index is 1.05. The Bertz CT molecular complexity index is 2850. The highest BCUT2D eigenvalue weighted by Crippen LogP contribution is 2.39. The Morgan fingerprint density at radius 2 is 0.355 bits per heavy atom. The molecule has 0 saturated carbocycles. The van der Waals surface area contributed by atoms with Gasteiger partial charge in [0.25, 0.3) is 0 Å². The Labute approximate surface area is 364 Å². The number of nitrogens with one attached hydrogen (secondary N) is 2. The Hall–Kier alpha value is -8.20. The topological polar surface area (TPSA) is 24.1 Å². The van der Waals surface area contributed by atoms with Crippen LogP contribution in [0.5, 0.6) is 0 Å². The van der Waals surface area contributed by atoms with Crippen molar-refractivity contribution in [3.63, 3.8) is 0 Å². The molecule has 0 amide bonds. The summed E-state index contributed by atoms with van der Waals surface area (Å²) >= 11 is 0. The normalized spacial score (nSPS) is 10.9. The molecular formula is C60H44N2. The lowest BCUT2D eigenvalue weighted by Gasteiger charge is -2.16. The summed E-state index contributed by atoms with van der Waals surface area (Å²) in [4.78, 5) is 0. The molecule has 10 aromatic rings. The second kappa shape index (κ2) is 17.6. The molecule has 0 unspecified atom stereocenters. The average Bonchev–Trinajstić information content (AvgIpc) is 3.35. The first-order chi connectivity index (χ1) is 30.7. The molecule has 10 rings (SSSR count). The van der Waals surface area contributed by atoms with Crippen LogP contribution in [0.2, 0.25) is 0 Å². The Balaban J connectivity index is 1.11. The zero-order valence-corrected chi connectivity index (χ0v) is 34.2. The van der Waals surface area contributed by atoms with Crippen molar-refractivity contribution in [2.45, 2.75) is 0 Å². The highest BCUT2D eigenvalue weighted by Gasteiger charge is 2.13. The van der Waals surface area contributed by atoms with Crippen LogP contribution in [0.25, 0.3) is 77.9 Å². The van der Waals surface area contributed by atoms with Crippen LogP contribution in [0.3, 0.4) is 0 Å². The van der Waals surface area contributed by atoms with Crippen molar-refractivity contribution in [3.8, 4) is 77.9 Å². The maximum absolute atomic E-state index is 3.55. The SMILES string of the molecule is c1ccc(Nc2ccc(-c3cc(-c4cccc(-c5ccccc5)c4)cc(-c4cc(-c5ccc(Nc6ccccc6)cc5)cc(-c5cccc(-c6ccccc6)c5)c4)c3)cc2)cc1. The molecule has 2 heteroatoms. The summed E-state index contributed by atoms with van der Waals surface area (Å²) < 4.78 is 0. The van der Waals surface area contributed by atoms with Crippen LogP contribution in [0, 0.1) is 0 Å². The predicted molar refractivity (Wildman–Crippen MR) is 264 cm³/mol. The largest absolute Gasteiger partial charge is 0.356 e. The maximum Gasteiger partial charge on any atom is 0.0384 e. The molecule has 0 saturated heterocycles. The van der Waals surface area contributed by atoms with Crippen molar-refractivity contribution >= 4 is 22.7 Å². The third-order valence-electron chi connectivity index (χ3n) is 11.4. The molecule has 62 heavy (non-hydrogen) atoms. The molecule has 0 spiro atoms. The Morgan fingerprint density at radius 3 is 0.694 bits per heavy atom. The molecule has 0 heterocycles. The van der Waals surface area contributed by atoms with E-state index in [2.05, 4.69) is 253 Å². The molecule has 10 aromatic carbocycles. The van der Waals surface area contributed by atoms with Gasteiger partial charge in [-0.15, -0.1) is 0 Å². The number of rotatable bonds is 11. The lowest BCUT2D eigenvalue weighted by Crippen LogP contribution is -1.92. The van der Waals surface area contributed by atoms with Crippen molar-refractivity contribution in [1.82, 2.24) is 0 Å². The van der Waals surface area contributed by atoms with E-state index in [0.717, 1.165) is 67.3 Å². The van der Waals surface area contributed by atoms with E-state index in [1.54, 1.807) is 0 Å². The van der Waals surface area contributed by atoms with E-state index in [1.807, 2.05) is 12.1 Å². The van der Waals surface area contributed by atoms with Gasteiger partial charge in [0, 0.05) is 22.7 Å². The minimum Gasteiger partial charge on any atom is -0.356 e. The molecule has 0 bridgehead atoms. The van der Waals surface area contributed by atoms with E-state index in [1.165, 1.54) is 33.4 Å². The van der Waals surface area contributed by atoms with Gasteiger partial charge in [0.05, 0.1) is 0 Å². The zero-order valence-electron chi connectivity index (χ0n) is 34.2. The standard InChI is InChI=1S/C60H44N2/c1-5-15-43(16-6-1)47-19-13-21-49(35-47)53-37-51(45-27-31-59(32-28-45)61-57-23-9-3-10-24-57)39-55(41-53)56-40-52(46-29-33-60(34-30-46)62-58-25-11-4-12-26-58)38-54(42-56)50-22-14-20-48(36-50)44-17-7-2-8-18-44/h1-42,61-62H. The maximum atomic E-state index is 3.55. The van der Waals surface area contributed by atoms with Gasteiger partial charge >= 0.3 is 0 Å². The van der Waals surface area contributed by atoms with Crippen LogP contribution in [0.15, 0.2) is 255 Å². The molecular weight excluding hydrogens is 749 g/mol. The molecule has 2 nitrogen and oxygen atoms in total. The molecule has 0 aromatic heterocycles. The van der Waals surface area contributed by atoms with Crippen molar-refractivity contribution in [2.75, 3.05) is 10.6 Å². The first-order valence-corrected chi connectivity index (χ1v) is 21.1. The number of hydrogen-bond donors (Lipinski definition) is 2. The monoisotopic (exact) mass is 792 g/mol. The highest BCUT2D eigenvalue weighted by atomic mass is 14.9. The first kappa shape index (κ1) is 38.0. The molecule has 2 N–H and O–H groups in total. The van der Waals surface area contributed by atoms with Crippen molar-refractivity contribution in [2.24, 2.45) is 0 Å². The van der Waals surface area contributed by atoms with E-state index < -0.39 is 0 Å². The summed E-state index contributed by atoms with van der Waals surface area (Å²) in [6.07, 6.45) is 0. The first-order valence-electron chi connectivity index (χ1n) is 21.1. The fraction of sp³-hybridized carbons (Fsp3) is 0. The molecule has 0 fully saturated rings. The molecule has 0 aliphatic rings.